The van der Waals surface area contributed by atoms with Gasteiger partial charge in [0.25, 0.3) is 5.91 Å². The molecule has 2 heterocycles. The van der Waals surface area contributed by atoms with Gasteiger partial charge in [-0.05, 0) is 51.7 Å². The lowest BCUT2D eigenvalue weighted by molar-refractivity contribution is -0.142. The standard InChI is InChI=1S/C21H29N3O3/c1-14-5-8-16(9-6-14)20(26)23-11-3-4-18(12-23)21(27)24-13-17(19(22)25)10-7-15(24)2/h5-6,8-9,15,17-18H,3-4,7,10-13H2,1-2H3,(H2,22,25). The molecule has 0 aromatic heterocycles. The summed E-state index contributed by atoms with van der Waals surface area (Å²) in [4.78, 5) is 41.1. The fourth-order valence-electron chi connectivity index (χ4n) is 4.12. The summed E-state index contributed by atoms with van der Waals surface area (Å²) in [7, 11) is 0. The average Bonchev–Trinajstić information content (AvgIpc) is 2.68. The molecule has 27 heavy (non-hydrogen) atoms. The van der Waals surface area contributed by atoms with E-state index in [1.807, 2.05) is 43.0 Å². The van der Waals surface area contributed by atoms with E-state index in [1.165, 1.54) is 0 Å². The zero-order valence-electron chi connectivity index (χ0n) is 16.2. The zero-order chi connectivity index (χ0) is 19.6. The molecule has 0 radical (unpaired) electrons. The van der Waals surface area contributed by atoms with Crippen LogP contribution in [-0.4, -0.2) is 53.2 Å². The van der Waals surface area contributed by atoms with Crippen LogP contribution in [0.2, 0.25) is 0 Å². The van der Waals surface area contributed by atoms with Crippen molar-refractivity contribution in [3.05, 3.63) is 35.4 Å². The highest BCUT2D eigenvalue weighted by Gasteiger charge is 2.37. The van der Waals surface area contributed by atoms with Crippen molar-refractivity contribution in [1.29, 1.82) is 0 Å². The number of primary amides is 1. The van der Waals surface area contributed by atoms with E-state index < -0.39 is 0 Å². The number of hydrogen-bond donors (Lipinski definition) is 1. The maximum absolute atomic E-state index is 13.1. The van der Waals surface area contributed by atoms with Crippen LogP contribution >= 0.6 is 0 Å². The number of amides is 3. The van der Waals surface area contributed by atoms with E-state index in [0.29, 0.717) is 25.2 Å². The van der Waals surface area contributed by atoms with Crippen LogP contribution in [0.3, 0.4) is 0 Å². The first-order valence-corrected chi connectivity index (χ1v) is 9.82. The second kappa shape index (κ2) is 8.11. The molecule has 0 aliphatic carbocycles. The van der Waals surface area contributed by atoms with Gasteiger partial charge in [-0.3, -0.25) is 14.4 Å². The number of nitrogens with zero attached hydrogens (tertiary/aromatic N) is 2. The Morgan fingerprint density at radius 1 is 1.00 bits per heavy atom. The number of nitrogens with two attached hydrogens (primary N) is 1. The van der Waals surface area contributed by atoms with Crippen molar-refractivity contribution in [1.82, 2.24) is 9.80 Å². The minimum atomic E-state index is -0.334. The van der Waals surface area contributed by atoms with Crippen molar-refractivity contribution in [3.8, 4) is 0 Å². The summed E-state index contributed by atoms with van der Waals surface area (Å²) < 4.78 is 0. The zero-order valence-corrected chi connectivity index (χ0v) is 16.2. The first-order chi connectivity index (χ1) is 12.9. The molecule has 6 nitrogen and oxygen atoms in total. The number of piperidine rings is 2. The van der Waals surface area contributed by atoms with Gasteiger partial charge in [-0.1, -0.05) is 17.7 Å². The molecule has 146 valence electrons. The molecule has 1 aromatic carbocycles. The van der Waals surface area contributed by atoms with E-state index in [9.17, 15) is 14.4 Å². The Kier molecular flexibility index (Phi) is 5.82. The molecule has 6 heteroatoms. The SMILES string of the molecule is Cc1ccc(C(=O)N2CCCC(C(=O)N3CC(C(N)=O)CCC3C)C2)cc1. The molecule has 3 amide bonds. The van der Waals surface area contributed by atoms with Crippen LogP contribution in [0.5, 0.6) is 0 Å². The summed E-state index contributed by atoms with van der Waals surface area (Å²) in [5.41, 5.74) is 7.23. The van der Waals surface area contributed by atoms with Crippen molar-refractivity contribution in [2.45, 2.75) is 45.6 Å². The maximum atomic E-state index is 13.1. The molecule has 3 atom stereocenters. The highest BCUT2D eigenvalue weighted by Crippen LogP contribution is 2.27. The Hall–Kier alpha value is -2.37. The summed E-state index contributed by atoms with van der Waals surface area (Å²) in [6.07, 6.45) is 3.12. The molecule has 2 aliphatic rings. The molecule has 2 aliphatic heterocycles. The summed E-state index contributed by atoms with van der Waals surface area (Å²) in [5.74, 6) is -0.773. The second-order valence-electron chi connectivity index (χ2n) is 7.97. The average molecular weight is 371 g/mol. The third kappa shape index (κ3) is 4.31. The largest absolute Gasteiger partial charge is 0.369 e. The Morgan fingerprint density at radius 2 is 1.70 bits per heavy atom. The van der Waals surface area contributed by atoms with Gasteiger partial charge in [0, 0.05) is 31.2 Å². The summed E-state index contributed by atoms with van der Waals surface area (Å²) >= 11 is 0. The highest BCUT2D eigenvalue weighted by atomic mass is 16.2. The number of aryl methyl sites for hydroxylation is 1. The second-order valence-corrected chi connectivity index (χ2v) is 7.97. The van der Waals surface area contributed by atoms with Crippen LogP contribution in [0.1, 0.15) is 48.5 Å². The van der Waals surface area contributed by atoms with Crippen molar-refractivity contribution in [2.75, 3.05) is 19.6 Å². The number of carbonyl (C=O) groups is 3. The summed E-state index contributed by atoms with van der Waals surface area (Å²) in [5, 5.41) is 0. The van der Waals surface area contributed by atoms with Crippen molar-refractivity contribution >= 4 is 17.7 Å². The molecule has 3 unspecified atom stereocenters. The molecule has 2 N–H and O–H groups in total. The van der Waals surface area contributed by atoms with E-state index in [4.69, 9.17) is 5.73 Å². The monoisotopic (exact) mass is 371 g/mol. The van der Waals surface area contributed by atoms with Gasteiger partial charge in [-0.2, -0.15) is 0 Å². The summed E-state index contributed by atoms with van der Waals surface area (Å²) in [6, 6.07) is 7.65. The van der Waals surface area contributed by atoms with Crippen LogP contribution in [0.15, 0.2) is 24.3 Å². The van der Waals surface area contributed by atoms with Gasteiger partial charge < -0.3 is 15.5 Å². The van der Waals surface area contributed by atoms with E-state index >= 15 is 0 Å². The Morgan fingerprint density at radius 3 is 2.37 bits per heavy atom. The van der Waals surface area contributed by atoms with Gasteiger partial charge in [0.2, 0.25) is 11.8 Å². The van der Waals surface area contributed by atoms with Crippen LogP contribution in [0, 0.1) is 18.8 Å². The molecule has 1 aromatic rings. The van der Waals surface area contributed by atoms with Crippen LogP contribution < -0.4 is 5.73 Å². The molecule has 0 spiro atoms. The van der Waals surface area contributed by atoms with Gasteiger partial charge in [0.1, 0.15) is 0 Å². The lowest BCUT2D eigenvalue weighted by Gasteiger charge is -2.41. The first kappa shape index (κ1) is 19.4. The first-order valence-electron chi connectivity index (χ1n) is 9.82. The third-order valence-corrected chi connectivity index (χ3v) is 5.92. The van der Waals surface area contributed by atoms with Crippen LogP contribution in [0.25, 0.3) is 0 Å². The van der Waals surface area contributed by atoms with E-state index in [0.717, 1.165) is 31.2 Å². The number of rotatable bonds is 3. The topological polar surface area (TPSA) is 83.7 Å². The fourth-order valence-corrected chi connectivity index (χ4v) is 4.12. The quantitative estimate of drug-likeness (QED) is 0.881. The molecular weight excluding hydrogens is 342 g/mol. The van der Waals surface area contributed by atoms with Crippen LogP contribution in [0.4, 0.5) is 0 Å². The number of carbonyl (C=O) groups excluding carboxylic acids is 3. The lowest BCUT2D eigenvalue weighted by atomic mass is 9.89. The van der Waals surface area contributed by atoms with Gasteiger partial charge in [0.15, 0.2) is 0 Å². The smallest absolute Gasteiger partial charge is 0.253 e. The Labute approximate surface area is 160 Å². The Balaban J connectivity index is 1.67. The third-order valence-electron chi connectivity index (χ3n) is 5.92. The number of likely N-dealkylation sites (tertiary alicyclic amines) is 2. The predicted octanol–water partition coefficient (Wildman–Crippen LogP) is 1.96. The predicted molar refractivity (Wildman–Crippen MR) is 103 cm³/mol. The van der Waals surface area contributed by atoms with Gasteiger partial charge in [0.05, 0.1) is 11.8 Å². The normalized spacial score (nSPS) is 25.9. The fraction of sp³-hybridized carbons (Fsp3) is 0.571. The minimum absolute atomic E-state index is 0.0193. The highest BCUT2D eigenvalue weighted by molar-refractivity contribution is 5.94. The molecular formula is C21H29N3O3. The molecule has 0 bridgehead atoms. The molecule has 2 saturated heterocycles. The van der Waals surface area contributed by atoms with E-state index in [2.05, 4.69) is 0 Å². The molecule has 2 fully saturated rings. The molecule has 3 rings (SSSR count). The van der Waals surface area contributed by atoms with E-state index in [1.54, 1.807) is 4.90 Å². The molecule has 0 saturated carbocycles. The summed E-state index contributed by atoms with van der Waals surface area (Å²) in [6.45, 7) is 5.53. The van der Waals surface area contributed by atoms with E-state index in [-0.39, 0.29) is 35.6 Å². The van der Waals surface area contributed by atoms with Crippen molar-refractivity contribution in [2.24, 2.45) is 17.6 Å². The van der Waals surface area contributed by atoms with Gasteiger partial charge in [-0.15, -0.1) is 0 Å². The van der Waals surface area contributed by atoms with Crippen molar-refractivity contribution < 1.29 is 14.4 Å². The van der Waals surface area contributed by atoms with Gasteiger partial charge >= 0.3 is 0 Å². The number of hydrogen-bond acceptors (Lipinski definition) is 3. The Bertz CT molecular complexity index is 716. The van der Waals surface area contributed by atoms with Gasteiger partial charge in [-0.25, -0.2) is 0 Å². The van der Waals surface area contributed by atoms with Crippen molar-refractivity contribution in [3.63, 3.8) is 0 Å². The van der Waals surface area contributed by atoms with Crippen LogP contribution in [-0.2, 0) is 9.59 Å². The number of benzene rings is 1. The minimum Gasteiger partial charge on any atom is -0.369 e. The maximum Gasteiger partial charge on any atom is 0.253 e. The lowest BCUT2D eigenvalue weighted by Crippen LogP contribution is -2.53.